The van der Waals surface area contributed by atoms with E-state index in [1.165, 1.54) is 36.6 Å². The molecule has 2 aromatic heterocycles. The van der Waals surface area contributed by atoms with Gasteiger partial charge >= 0.3 is 0 Å². The smallest absolute Gasteiger partial charge is 0.225 e. The molecule has 158 valence electrons. The van der Waals surface area contributed by atoms with E-state index in [0.29, 0.717) is 23.5 Å². The summed E-state index contributed by atoms with van der Waals surface area (Å²) in [6.45, 7) is 3.80. The molecule has 2 fully saturated rings. The van der Waals surface area contributed by atoms with E-state index in [-0.39, 0.29) is 17.6 Å². The SMILES string of the molecule is CC1CCC(NC(=O)C2CCCN(c3ncnc4c3sc3cccc(F)c34)C2)CC1. The van der Waals surface area contributed by atoms with E-state index in [9.17, 15) is 9.18 Å². The maximum absolute atomic E-state index is 14.4. The molecule has 1 saturated heterocycles. The van der Waals surface area contributed by atoms with Crippen molar-refractivity contribution in [2.24, 2.45) is 11.8 Å². The first-order chi connectivity index (χ1) is 14.6. The van der Waals surface area contributed by atoms with Gasteiger partial charge in [-0.05, 0) is 56.6 Å². The van der Waals surface area contributed by atoms with Gasteiger partial charge in [-0.15, -0.1) is 11.3 Å². The minimum atomic E-state index is -0.249. The van der Waals surface area contributed by atoms with E-state index >= 15 is 0 Å². The standard InChI is InChI=1S/C23H27FN4OS/c1-14-7-9-16(10-8-14)27-23(29)15-4-3-11-28(12-15)22-21-20(25-13-26-22)19-17(24)5-2-6-18(19)30-21/h2,5-6,13-16H,3-4,7-12H2,1H3,(H,27,29). The molecule has 0 radical (unpaired) electrons. The van der Waals surface area contributed by atoms with Crippen molar-refractivity contribution in [2.45, 2.75) is 51.5 Å². The van der Waals surface area contributed by atoms with Crippen molar-refractivity contribution in [3.8, 4) is 0 Å². The van der Waals surface area contributed by atoms with Crippen LogP contribution in [0.3, 0.4) is 0 Å². The van der Waals surface area contributed by atoms with E-state index in [4.69, 9.17) is 0 Å². The Morgan fingerprint density at radius 1 is 1.20 bits per heavy atom. The number of hydrogen-bond acceptors (Lipinski definition) is 5. The Kier molecular flexibility index (Phi) is 5.31. The Hall–Kier alpha value is -2.28. The molecule has 3 aromatic rings. The molecule has 7 heteroatoms. The number of carbonyl (C=O) groups is 1. The molecule has 1 unspecified atom stereocenters. The van der Waals surface area contributed by atoms with Crippen LogP contribution in [0.15, 0.2) is 24.5 Å². The van der Waals surface area contributed by atoms with Gasteiger partial charge in [0.05, 0.1) is 21.5 Å². The maximum atomic E-state index is 14.4. The fourth-order valence-electron chi connectivity index (χ4n) is 4.90. The Labute approximate surface area is 179 Å². The highest BCUT2D eigenvalue weighted by Crippen LogP contribution is 2.39. The summed E-state index contributed by atoms with van der Waals surface area (Å²) in [5.74, 6) is 1.49. The molecule has 1 atom stereocenters. The predicted molar refractivity (Wildman–Crippen MR) is 119 cm³/mol. The third-order valence-corrected chi connectivity index (χ3v) is 7.80. The zero-order chi connectivity index (χ0) is 20.7. The number of nitrogens with one attached hydrogen (secondary N) is 1. The van der Waals surface area contributed by atoms with Crippen LogP contribution >= 0.6 is 11.3 Å². The highest BCUT2D eigenvalue weighted by atomic mass is 32.1. The maximum Gasteiger partial charge on any atom is 0.225 e. The first kappa shape index (κ1) is 19.7. The summed E-state index contributed by atoms with van der Waals surface area (Å²) in [6, 6.07) is 5.45. The Morgan fingerprint density at radius 2 is 2.03 bits per heavy atom. The Morgan fingerprint density at radius 3 is 2.87 bits per heavy atom. The number of amides is 1. The van der Waals surface area contributed by atoms with E-state index in [1.54, 1.807) is 6.07 Å². The fourth-order valence-corrected chi connectivity index (χ4v) is 6.09. The summed E-state index contributed by atoms with van der Waals surface area (Å²) < 4.78 is 16.2. The van der Waals surface area contributed by atoms with Gasteiger partial charge in [0, 0.05) is 23.8 Å². The van der Waals surface area contributed by atoms with E-state index in [0.717, 1.165) is 53.4 Å². The van der Waals surface area contributed by atoms with Crippen LogP contribution in [0.25, 0.3) is 20.3 Å². The number of anilines is 1. The average Bonchev–Trinajstić information content (AvgIpc) is 3.15. The minimum Gasteiger partial charge on any atom is -0.355 e. The molecule has 1 aliphatic heterocycles. The largest absolute Gasteiger partial charge is 0.355 e. The van der Waals surface area contributed by atoms with Crippen LogP contribution in [0.1, 0.15) is 45.4 Å². The number of halogens is 1. The first-order valence-electron chi connectivity index (χ1n) is 11.0. The highest BCUT2D eigenvalue weighted by Gasteiger charge is 2.30. The topological polar surface area (TPSA) is 58.1 Å². The molecule has 1 aromatic carbocycles. The lowest BCUT2D eigenvalue weighted by atomic mass is 9.87. The number of carbonyl (C=O) groups excluding carboxylic acids is 1. The second kappa shape index (κ2) is 8.10. The number of nitrogens with zero attached hydrogens (tertiary/aromatic N) is 3. The predicted octanol–water partition coefficient (Wildman–Crippen LogP) is 4.89. The van der Waals surface area contributed by atoms with Gasteiger partial charge < -0.3 is 10.2 Å². The lowest BCUT2D eigenvalue weighted by Gasteiger charge is -2.34. The number of fused-ring (bicyclic) bond motifs is 3. The lowest BCUT2D eigenvalue weighted by Crippen LogP contribution is -2.47. The molecule has 5 nitrogen and oxygen atoms in total. The zero-order valence-electron chi connectivity index (χ0n) is 17.2. The van der Waals surface area contributed by atoms with Crippen LogP contribution in [0.2, 0.25) is 0 Å². The summed E-state index contributed by atoms with van der Waals surface area (Å²) in [7, 11) is 0. The number of rotatable bonds is 3. The van der Waals surface area contributed by atoms with Crippen molar-refractivity contribution in [2.75, 3.05) is 18.0 Å². The molecule has 1 N–H and O–H groups in total. The third kappa shape index (κ3) is 3.64. The van der Waals surface area contributed by atoms with Crippen LogP contribution in [-0.2, 0) is 4.79 Å². The van der Waals surface area contributed by atoms with Crippen LogP contribution < -0.4 is 10.2 Å². The van der Waals surface area contributed by atoms with Crippen LogP contribution in [0.5, 0.6) is 0 Å². The number of piperidine rings is 1. The molecule has 0 spiro atoms. The summed E-state index contributed by atoms with van der Waals surface area (Å²) in [5.41, 5.74) is 0.668. The van der Waals surface area contributed by atoms with Crippen LogP contribution in [-0.4, -0.2) is 35.0 Å². The van der Waals surface area contributed by atoms with Crippen molar-refractivity contribution in [3.63, 3.8) is 0 Å². The Bertz CT molecular complexity index is 1080. The Balaban J connectivity index is 1.37. The summed E-state index contributed by atoms with van der Waals surface area (Å²) in [6.07, 6.45) is 7.94. The number of hydrogen-bond donors (Lipinski definition) is 1. The highest BCUT2D eigenvalue weighted by molar-refractivity contribution is 7.26. The average molecular weight is 427 g/mol. The zero-order valence-corrected chi connectivity index (χ0v) is 18.1. The van der Waals surface area contributed by atoms with Crippen molar-refractivity contribution in [1.82, 2.24) is 15.3 Å². The quantitative estimate of drug-likeness (QED) is 0.648. The molecular weight excluding hydrogens is 399 g/mol. The summed E-state index contributed by atoms with van der Waals surface area (Å²) in [4.78, 5) is 24.1. The number of thiophene rings is 1. The molecular formula is C23H27FN4OS. The van der Waals surface area contributed by atoms with E-state index < -0.39 is 0 Å². The first-order valence-corrected chi connectivity index (χ1v) is 11.8. The van der Waals surface area contributed by atoms with E-state index in [1.807, 2.05) is 6.07 Å². The lowest BCUT2D eigenvalue weighted by molar-refractivity contribution is -0.126. The van der Waals surface area contributed by atoms with Crippen molar-refractivity contribution in [1.29, 1.82) is 0 Å². The second-order valence-corrected chi connectivity index (χ2v) is 9.89. The van der Waals surface area contributed by atoms with Gasteiger partial charge in [-0.2, -0.15) is 0 Å². The van der Waals surface area contributed by atoms with Gasteiger partial charge in [-0.3, -0.25) is 4.79 Å². The van der Waals surface area contributed by atoms with Gasteiger partial charge in [0.25, 0.3) is 0 Å². The summed E-state index contributed by atoms with van der Waals surface area (Å²) >= 11 is 1.53. The molecule has 1 saturated carbocycles. The molecule has 1 amide bonds. The molecule has 1 aliphatic carbocycles. The summed E-state index contributed by atoms with van der Waals surface area (Å²) in [5, 5.41) is 3.87. The fraction of sp³-hybridized carbons (Fsp3) is 0.522. The van der Waals surface area contributed by atoms with Gasteiger partial charge in [-0.1, -0.05) is 13.0 Å². The normalized spacial score (nSPS) is 25.0. The monoisotopic (exact) mass is 426 g/mol. The molecule has 5 rings (SSSR count). The number of aromatic nitrogens is 2. The molecule has 3 heterocycles. The second-order valence-electron chi connectivity index (χ2n) is 8.84. The van der Waals surface area contributed by atoms with Gasteiger partial charge in [-0.25, -0.2) is 14.4 Å². The van der Waals surface area contributed by atoms with Crippen molar-refractivity contribution >= 4 is 43.4 Å². The van der Waals surface area contributed by atoms with Crippen molar-refractivity contribution < 1.29 is 9.18 Å². The van der Waals surface area contributed by atoms with Crippen LogP contribution in [0.4, 0.5) is 10.2 Å². The van der Waals surface area contributed by atoms with E-state index in [2.05, 4.69) is 27.1 Å². The molecule has 2 aliphatic rings. The van der Waals surface area contributed by atoms with Crippen molar-refractivity contribution in [3.05, 3.63) is 30.3 Å². The van der Waals surface area contributed by atoms with Gasteiger partial charge in [0.2, 0.25) is 5.91 Å². The van der Waals surface area contributed by atoms with Gasteiger partial charge in [0.15, 0.2) is 0 Å². The molecule has 0 bridgehead atoms. The third-order valence-electron chi connectivity index (χ3n) is 6.66. The number of benzene rings is 1. The molecule has 30 heavy (non-hydrogen) atoms. The van der Waals surface area contributed by atoms with Crippen LogP contribution in [0, 0.1) is 17.7 Å². The van der Waals surface area contributed by atoms with Gasteiger partial charge in [0.1, 0.15) is 18.0 Å². The minimum absolute atomic E-state index is 0.0331.